The highest BCUT2D eigenvalue weighted by molar-refractivity contribution is 7.89. The number of rotatable bonds is 3. The quantitative estimate of drug-likeness (QED) is 0.769. The van der Waals surface area contributed by atoms with Gasteiger partial charge in [-0.3, -0.25) is 4.79 Å². The number of sulfonamides is 1. The normalized spacial score (nSPS) is 10.6. The highest BCUT2D eigenvalue weighted by Gasteiger charge is 2.16. The Labute approximate surface area is 97.9 Å². The Balaban J connectivity index is 3.18. The molecule has 0 saturated heterocycles. The second-order valence-electron chi connectivity index (χ2n) is 3.11. The van der Waals surface area contributed by atoms with Gasteiger partial charge in [0.25, 0.3) is 0 Å². The molecule has 0 saturated carbocycles. The van der Waals surface area contributed by atoms with Crippen LogP contribution in [-0.4, -0.2) is 14.3 Å². The van der Waals surface area contributed by atoms with Crippen molar-refractivity contribution < 1.29 is 17.6 Å². The summed E-state index contributed by atoms with van der Waals surface area (Å²) in [4.78, 5) is 10.8. The van der Waals surface area contributed by atoms with E-state index < -0.39 is 21.7 Å². The first-order chi connectivity index (χ1) is 7.84. The maximum absolute atomic E-state index is 12.9. The summed E-state index contributed by atoms with van der Waals surface area (Å²) in [6.07, 6.45) is 4.66. The summed E-state index contributed by atoms with van der Waals surface area (Å²) >= 11 is 0. The second kappa shape index (κ2) is 4.95. The van der Waals surface area contributed by atoms with Crippen LogP contribution in [0.3, 0.4) is 0 Å². The molecule has 0 unspecified atom stereocenters. The van der Waals surface area contributed by atoms with E-state index in [0.717, 1.165) is 18.2 Å². The van der Waals surface area contributed by atoms with Crippen LogP contribution in [0.4, 0.5) is 10.1 Å². The van der Waals surface area contributed by atoms with E-state index in [1.54, 1.807) is 0 Å². The molecule has 0 fully saturated rings. The van der Waals surface area contributed by atoms with Crippen molar-refractivity contribution >= 4 is 21.6 Å². The number of anilines is 1. The summed E-state index contributed by atoms with van der Waals surface area (Å²) in [5, 5.41) is 7.09. The van der Waals surface area contributed by atoms with Gasteiger partial charge < -0.3 is 5.32 Å². The summed E-state index contributed by atoms with van der Waals surface area (Å²) in [5.74, 6) is 0.751. The van der Waals surface area contributed by atoms with Crippen LogP contribution in [0.25, 0.3) is 0 Å². The van der Waals surface area contributed by atoms with Crippen molar-refractivity contribution in [2.75, 3.05) is 5.32 Å². The minimum atomic E-state index is -4.04. The smallest absolute Gasteiger partial charge is 0.240 e. The van der Waals surface area contributed by atoms with Gasteiger partial charge in [-0.15, -0.1) is 6.42 Å². The van der Waals surface area contributed by atoms with E-state index in [4.69, 9.17) is 11.6 Å². The molecule has 3 N–H and O–H groups in total. The number of carbonyl (C=O) groups excluding carboxylic acids is 1. The van der Waals surface area contributed by atoms with Crippen molar-refractivity contribution in [1.82, 2.24) is 0 Å². The van der Waals surface area contributed by atoms with E-state index in [9.17, 15) is 17.6 Å². The molecule has 0 radical (unpaired) electrons. The fraction of sp³-hybridized carbons (Fsp3) is 0.100. The average molecular weight is 256 g/mol. The van der Waals surface area contributed by atoms with Gasteiger partial charge in [-0.05, 0) is 18.2 Å². The van der Waals surface area contributed by atoms with E-state index in [2.05, 4.69) is 11.2 Å². The van der Waals surface area contributed by atoms with Crippen LogP contribution >= 0.6 is 0 Å². The van der Waals surface area contributed by atoms with Crippen LogP contribution < -0.4 is 10.5 Å². The van der Waals surface area contributed by atoms with Gasteiger partial charge in [0.05, 0.1) is 12.1 Å². The molecule has 0 aliphatic carbocycles. The van der Waals surface area contributed by atoms with E-state index in [-0.39, 0.29) is 17.0 Å². The largest absolute Gasteiger partial charge is 0.324 e. The topological polar surface area (TPSA) is 89.3 Å². The molecular weight excluding hydrogens is 247 g/mol. The van der Waals surface area contributed by atoms with E-state index >= 15 is 0 Å². The Morgan fingerprint density at radius 1 is 1.53 bits per heavy atom. The van der Waals surface area contributed by atoms with Gasteiger partial charge in [-0.25, -0.2) is 17.9 Å². The standard InChI is InChI=1S/C10H9FN2O3S/c1-2-3-10(14)13-8-6-7(11)4-5-9(8)17(12,15)16/h1,4-6H,3H2,(H,13,14)(H2,12,15,16). The monoisotopic (exact) mass is 256 g/mol. The third kappa shape index (κ3) is 3.55. The Kier molecular flexibility index (Phi) is 3.83. The second-order valence-corrected chi connectivity index (χ2v) is 4.64. The van der Waals surface area contributed by atoms with Crippen molar-refractivity contribution in [3.63, 3.8) is 0 Å². The van der Waals surface area contributed by atoms with Crippen LogP contribution in [0.2, 0.25) is 0 Å². The van der Waals surface area contributed by atoms with Crippen molar-refractivity contribution in [2.45, 2.75) is 11.3 Å². The lowest BCUT2D eigenvalue weighted by molar-refractivity contribution is -0.115. The number of benzene rings is 1. The first-order valence-corrected chi connectivity index (χ1v) is 5.95. The fourth-order valence-electron chi connectivity index (χ4n) is 1.14. The molecule has 0 aromatic heterocycles. The van der Waals surface area contributed by atoms with Gasteiger partial charge in [0.15, 0.2) is 0 Å². The van der Waals surface area contributed by atoms with Gasteiger partial charge in [0.1, 0.15) is 10.7 Å². The molecular formula is C10H9FN2O3S. The van der Waals surface area contributed by atoms with Gasteiger partial charge in [0.2, 0.25) is 15.9 Å². The minimum Gasteiger partial charge on any atom is -0.324 e. The van der Waals surface area contributed by atoms with Gasteiger partial charge in [0, 0.05) is 0 Å². The number of hydrogen-bond acceptors (Lipinski definition) is 3. The molecule has 0 aliphatic rings. The highest BCUT2D eigenvalue weighted by atomic mass is 32.2. The lowest BCUT2D eigenvalue weighted by atomic mass is 10.3. The molecule has 7 heteroatoms. The third-order valence-corrected chi connectivity index (χ3v) is 2.75. The van der Waals surface area contributed by atoms with Crippen molar-refractivity contribution in [3.8, 4) is 12.3 Å². The summed E-state index contributed by atoms with van der Waals surface area (Å²) in [7, 11) is -4.04. The summed E-state index contributed by atoms with van der Waals surface area (Å²) in [6.45, 7) is 0. The molecule has 1 aromatic carbocycles. The fourth-order valence-corrected chi connectivity index (χ4v) is 1.81. The molecule has 0 aliphatic heterocycles. The zero-order chi connectivity index (χ0) is 13.1. The first kappa shape index (κ1) is 13.2. The Hall–Kier alpha value is -1.91. The number of hydrogen-bond donors (Lipinski definition) is 2. The van der Waals surface area contributed by atoms with Crippen LogP contribution in [0.1, 0.15) is 6.42 Å². The number of nitrogens with one attached hydrogen (secondary N) is 1. The highest BCUT2D eigenvalue weighted by Crippen LogP contribution is 2.21. The van der Waals surface area contributed by atoms with Crippen LogP contribution in [0, 0.1) is 18.2 Å². The molecule has 0 bridgehead atoms. The van der Waals surface area contributed by atoms with Crippen molar-refractivity contribution in [2.24, 2.45) is 5.14 Å². The molecule has 90 valence electrons. The van der Waals surface area contributed by atoms with Crippen LogP contribution in [0.5, 0.6) is 0 Å². The molecule has 5 nitrogen and oxygen atoms in total. The molecule has 0 spiro atoms. The third-order valence-electron chi connectivity index (χ3n) is 1.78. The molecule has 0 atom stereocenters. The Morgan fingerprint density at radius 3 is 2.71 bits per heavy atom. The maximum atomic E-state index is 12.9. The molecule has 1 amide bonds. The van der Waals surface area contributed by atoms with Crippen LogP contribution in [-0.2, 0) is 14.8 Å². The van der Waals surface area contributed by atoms with Crippen molar-refractivity contribution in [1.29, 1.82) is 0 Å². The molecule has 0 heterocycles. The Bertz CT molecular complexity index is 590. The van der Waals surface area contributed by atoms with Crippen molar-refractivity contribution in [3.05, 3.63) is 24.0 Å². The maximum Gasteiger partial charge on any atom is 0.240 e. The summed E-state index contributed by atoms with van der Waals surface area (Å²) in [6, 6.07) is 2.75. The number of nitrogens with two attached hydrogens (primary N) is 1. The number of terminal acetylenes is 1. The predicted molar refractivity (Wildman–Crippen MR) is 59.9 cm³/mol. The lowest BCUT2D eigenvalue weighted by Gasteiger charge is -2.08. The zero-order valence-electron chi connectivity index (χ0n) is 8.60. The zero-order valence-corrected chi connectivity index (χ0v) is 9.42. The summed E-state index contributed by atoms with van der Waals surface area (Å²) < 4.78 is 35.3. The molecule has 17 heavy (non-hydrogen) atoms. The average Bonchev–Trinajstić information content (AvgIpc) is 2.15. The SMILES string of the molecule is C#CCC(=O)Nc1cc(F)ccc1S(N)(=O)=O. The first-order valence-electron chi connectivity index (χ1n) is 4.40. The number of halogens is 1. The number of amides is 1. The predicted octanol–water partition coefficient (Wildman–Crippen LogP) is 0.435. The minimum absolute atomic E-state index is 0.229. The molecule has 1 rings (SSSR count). The van der Waals surface area contributed by atoms with Gasteiger partial charge in [-0.1, -0.05) is 5.92 Å². The summed E-state index contributed by atoms with van der Waals surface area (Å²) in [5.41, 5.74) is -0.229. The van der Waals surface area contributed by atoms with E-state index in [1.165, 1.54) is 0 Å². The number of primary sulfonamides is 1. The molecule has 1 aromatic rings. The van der Waals surface area contributed by atoms with Gasteiger partial charge >= 0.3 is 0 Å². The number of carbonyl (C=O) groups is 1. The van der Waals surface area contributed by atoms with Crippen LogP contribution in [0.15, 0.2) is 23.1 Å². The lowest BCUT2D eigenvalue weighted by Crippen LogP contribution is -2.18. The van der Waals surface area contributed by atoms with Gasteiger partial charge in [-0.2, -0.15) is 0 Å². The van der Waals surface area contributed by atoms with E-state index in [1.807, 2.05) is 0 Å². The Morgan fingerprint density at radius 2 is 2.18 bits per heavy atom. The van der Waals surface area contributed by atoms with E-state index in [0.29, 0.717) is 0 Å².